The van der Waals surface area contributed by atoms with E-state index in [4.69, 9.17) is 19.0 Å². The van der Waals surface area contributed by atoms with Gasteiger partial charge in [-0.3, -0.25) is 0 Å². The lowest BCUT2D eigenvalue weighted by Crippen LogP contribution is -2.00. The summed E-state index contributed by atoms with van der Waals surface area (Å²) in [7, 11) is 1.46. The third kappa shape index (κ3) is 3.07. The van der Waals surface area contributed by atoms with Crippen LogP contribution in [0.2, 0.25) is 0 Å². The first kappa shape index (κ1) is 13.0. The van der Waals surface area contributed by atoms with E-state index in [1.54, 1.807) is 6.07 Å². The standard InChI is InChI=1S/C14H14O5/c1-9-3-5-11(19-9)8-18-12-6-4-10(14(15)16)7-13(12)17-2/h3-7H,8H2,1-2H3,(H,15,16). The van der Waals surface area contributed by atoms with Crippen LogP contribution in [0.25, 0.3) is 0 Å². The lowest BCUT2D eigenvalue weighted by Gasteiger charge is -2.10. The molecule has 2 rings (SSSR count). The van der Waals surface area contributed by atoms with Crippen molar-refractivity contribution in [2.24, 2.45) is 0 Å². The van der Waals surface area contributed by atoms with Gasteiger partial charge in [0, 0.05) is 0 Å². The van der Waals surface area contributed by atoms with E-state index < -0.39 is 5.97 Å². The number of methoxy groups -OCH3 is 1. The van der Waals surface area contributed by atoms with Crippen LogP contribution in [-0.2, 0) is 6.61 Å². The van der Waals surface area contributed by atoms with Crippen LogP contribution in [0.3, 0.4) is 0 Å². The van der Waals surface area contributed by atoms with Gasteiger partial charge in [0.25, 0.3) is 0 Å². The van der Waals surface area contributed by atoms with Gasteiger partial charge >= 0.3 is 5.97 Å². The highest BCUT2D eigenvalue weighted by atomic mass is 16.5. The summed E-state index contributed by atoms with van der Waals surface area (Å²) in [6, 6.07) is 8.13. The van der Waals surface area contributed by atoms with E-state index in [0.717, 1.165) is 5.76 Å². The number of aryl methyl sites for hydroxylation is 1. The summed E-state index contributed by atoms with van der Waals surface area (Å²) in [5.74, 6) is 1.35. The number of ether oxygens (including phenoxy) is 2. The SMILES string of the molecule is COc1cc(C(=O)O)ccc1OCc1ccc(C)o1. The molecule has 100 valence electrons. The summed E-state index contributed by atoms with van der Waals surface area (Å²) in [4.78, 5) is 10.9. The average molecular weight is 262 g/mol. The van der Waals surface area contributed by atoms with Gasteiger partial charge in [0.15, 0.2) is 11.5 Å². The molecule has 0 fully saturated rings. The molecular weight excluding hydrogens is 248 g/mol. The van der Waals surface area contributed by atoms with Crippen LogP contribution in [0.1, 0.15) is 21.9 Å². The molecule has 1 heterocycles. The fraction of sp³-hybridized carbons (Fsp3) is 0.214. The minimum absolute atomic E-state index is 0.151. The molecule has 0 saturated carbocycles. The molecule has 0 amide bonds. The third-order valence-electron chi connectivity index (χ3n) is 2.58. The molecule has 1 aromatic carbocycles. The maximum Gasteiger partial charge on any atom is 0.335 e. The van der Waals surface area contributed by atoms with E-state index in [-0.39, 0.29) is 12.2 Å². The molecule has 0 unspecified atom stereocenters. The second kappa shape index (κ2) is 5.48. The van der Waals surface area contributed by atoms with Crippen molar-refractivity contribution < 1.29 is 23.8 Å². The molecule has 0 aliphatic carbocycles. The van der Waals surface area contributed by atoms with Crippen molar-refractivity contribution in [3.63, 3.8) is 0 Å². The van der Waals surface area contributed by atoms with Gasteiger partial charge in [0.05, 0.1) is 12.7 Å². The van der Waals surface area contributed by atoms with Crippen LogP contribution in [-0.4, -0.2) is 18.2 Å². The molecule has 2 aromatic rings. The first-order valence-electron chi connectivity index (χ1n) is 5.69. The number of carboxylic acids is 1. The zero-order chi connectivity index (χ0) is 13.8. The van der Waals surface area contributed by atoms with Gasteiger partial charge in [-0.05, 0) is 37.3 Å². The predicted molar refractivity (Wildman–Crippen MR) is 67.7 cm³/mol. The Labute approximate surface area is 110 Å². The van der Waals surface area contributed by atoms with Gasteiger partial charge < -0.3 is 19.0 Å². The molecule has 0 radical (unpaired) electrons. The lowest BCUT2D eigenvalue weighted by molar-refractivity contribution is 0.0696. The van der Waals surface area contributed by atoms with Gasteiger partial charge in [-0.25, -0.2) is 4.79 Å². The van der Waals surface area contributed by atoms with Crippen LogP contribution >= 0.6 is 0 Å². The quantitative estimate of drug-likeness (QED) is 0.897. The van der Waals surface area contributed by atoms with Crippen LogP contribution < -0.4 is 9.47 Å². The number of benzene rings is 1. The first-order chi connectivity index (χ1) is 9.10. The Balaban J connectivity index is 2.13. The van der Waals surface area contributed by atoms with Crippen LogP contribution in [0.5, 0.6) is 11.5 Å². The smallest absolute Gasteiger partial charge is 0.335 e. The Morgan fingerprint density at radius 1 is 1.26 bits per heavy atom. The van der Waals surface area contributed by atoms with Gasteiger partial charge in [-0.15, -0.1) is 0 Å². The summed E-state index contributed by atoms with van der Waals surface area (Å²) in [5, 5.41) is 8.89. The highest BCUT2D eigenvalue weighted by Crippen LogP contribution is 2.29. The van der Waals surface area contributed by atoms with Crippen molar-refractivity contribution >= 4 is 5.97 Å². The number of hydrogen-bond donors (Lipinski definition) is 1. The summed E-state index contributed by atoms with van der Waals surface area (Å²) < 4.78 is 16.0. The number of rotatable bonds is 5. The van der Waals surface area contributed by atoms with E-state index >= 15 is 0 Å². The van der Waals surface area contributed by atoms with Crippen molar-refractivity contribution in [3.05, 3.63) is 47.4 Å². The van der Waals surface area contributed by atoms with Crippen molar-refractivity contribution in [1.29, 1.82) is 0 Å². The largest absolute Gasteiger partial charge is 0.493 e. The molecule has 0 bridgehead atoms. The van der Waals surface area contributed by atoms with Crippen molar-refractivity contribution in [2.75, 3.05) is 7.11 Å². The Bertz CT molecular complexity index is 585. The molecule has 0 saturated heterocycles. The Kier molecular flexibility index (Phi) is 3.75. The zero-order valence-corrected chi connectivity index (χ0v) is 10.7. The summed E-state index contributed by atoms with van der Waals surface area (Å²) in [6.07, 6.45) is 0. The molecule has 1 N–H and O–H groups in total. The zero-order valence-electron chi connectivity index (χ0n) is 10.7. The molecule has 19 heavy (non-hydrogen) atoms. The second-order valence-electron chi connectivity index (χ2n) is 3.97. The van der Waals surface area contributed by atoms with Crippen LogP contribution in [0.15, 0.2) is 34.7 Å². The molecule has 5 nitrogen and oxygen atoms in total. The van der Waals surface area contributed by atoms with E-state index in [1.807, 2.05) is 19.1 Å². The van der Waals surface area contributed by atoms with E-state index in [9.17, 15) is 4.79 Å². The van der Waals surface area contributed by atoms with Gasteiger partial charge in [0.1, 0.15) is 18.1 Å². The van der Waals surface area contributed by atoms with E-state index in [2.05, 4.69) is 0 Å². The number of aromatic carboxylic acids is 1. The molecule has 5 heteroatoms. The maximum atomic E-state index is 10.9. The molecule has 0 aliphatic rings. The van der Waals surface area contributed by atoms with Crippen LogP contribution in [0.4, 0.5) is 0 Å². The molecule has 0 aliphatic heterocycles. The van der Waals surface area contributed by atoms with E-state index in [0.29, 0.717) is 17.3 Å². The third-order valence-corrected chi connectivity index (χ3v) is 2.58. The number of hydrogen-bond acceptors (Lipinski definition) is 4. The Hall–Kier alpha value is -2.43. The molecular formula is C14H14O5. The minimum Gasteiger partial charge on any atom is -0.493 e. The monoisotopic (exact) mass is 262 g/mol. The number of furan rings is 1. The lowest BCUT2D eigenvalue weighted by atomic mass is 10.2. The van der Waals surface area contributed by atoms with Crippen molar-refractivity contribution in [2.45, 2.75) is 13.5 Å². The fourth-order valence-corrected chi connectivity index (χ4v) is 1.63. The summed E-state index contributed by atoms with van der Waals surface area (Å²) >= 11 is 0. The summed E-state index contributed by atoms with van der Waals surface area (Å²) in [6.45, 7) is 2.11. The van der Waals surface area contributed by atoms with Crippen LogP contribution in [0, 0.1) is 6.92 Å². The minimum atomic E-state index is -1.01. The summed E-state index contributed by atoms with van der Waals surface area (Å²) in [5.41, 5.74) is 0.151. The van der Waals surface area contributed by atoms with Gasteiger partial charge in [-0.2, -0.15) is 0 Å². The predicted octanol–water partition coefficient (Wildman–Crippen LogP) is 2.87. The molecule has 0 atom stereocenters. The molecule has 1 aromatic heterocycles. The first-order valence-corrected chi connectivity index (χ1v) is 5.69. The second-order valence-corrected chi connectivity index (χ2v) is 3.97. The van der Waals surface area contributed by atoms with E-state index in [1.165, 1.54) is 19.2 Å². The topological polar surface area (TPSA) is 68.9 Å². The maximum absolute atomic E-state index is 10.9. The average Bonchev–Trinajstić information content (AvgIpc) is 2.81. The van der Waals surface area contributed by atoms with Crippen molar-refractivity contribution in [3.8, 4) is 11.5 Å². The normalized spacial score (nSPS) is 10.2. The van der Waals surface area contributed by atoms with Crippen molar-refractivity contribution in [1.82, 2.24) is 0 Å². The number of carbonyl (C=O) groups is 1. The van der Waals surface area contributed by atoms with Gasteiger partial charge in [0.2, 0.25) is 0 Å². The highest BCUT2D eigenvalue weighted by Gasteiger charge is 2.10. The number of carboxylic acid groups (broad SMARTS) is 1. The Morgan fingerprint density at radius 3 is 2.63 bits per heavy atom. The fourth-order valence-electron chi connectivity index (χ4n) is 1.63. The van der Waals surface area contributed by atoms with Gasteiger partial charge in [-0.1, -0.05) is 0 Å². The Morgan fingerprint density at radius 2 is 2.05 bits per heavy atom. The molecule has 0 spiro atoms. The highest BCUT2D eigenvalue weighted by molar-refractivity contribution is 5.88.